The Balaban J connectivity index is 3.92. The van der Waals surface area contributed by atoms with Crippen LogP contribution in [0.1, 0.15) is 47.0 Å². The maximum Gasteiger partial charge on any atom is 0.0680 e. The van der Waals surface area contributed by atoms with Gasteiger partial charge in [-0.05, 0) is 40.0 Å². The third kappa shape index (κ3) is 5.14. The largest absolute Gasteiger partial charge is 0.317 e. The molecule has 0 fully saturated rings. The van der Waals surface area contributed by atoms with Crippen LogP contribution < -0.4 is 5.73 Å². The van der Waals surface area contributed by atoms with Crippen LogP contribution in [-0.2, 0) is 0 Å². The second kappa shape index (κ2) is 5.22. The highest BCUT2D eigenvalue weighted by Crippen LogP contribution is 2.24. The van der Waals surface area contributed by atoms with Crippen LogP contribution in [0.15, 0.2) is 11.1 Å². The summed E-state index contributed by atoms with van der Waals surface area (Å²) in [7, 11) is 0. The van der Waals surface area contributed by atoms with E-state index in [1.165, 1.54) is 11.1 Å². The van der Waals surface area contributed by atoms with E-state index in [0.717, 1.165) is 19.3 Å². The fourth-order valence-corrected chi connectivity index (χ4v) is 1.09. The average molecular weight is 281 g/mol. The number of halogens is 1. The number of allylic oxidation sites excluding steroid dienone is 2. The van der Waals surface area contributed by atoms with Crippen molar-refractivity contribution in [1.29, 1.82) is 0 Å². The summed E-state index contributed by atoms with van der Waals surface area (Å²) in [6.45, 7) is 8.65. The Morgan fingerprint density at radius 1 is 1.33 bits per heavy atom. The van der Waals surface area contributed by atoms with Gasteiger partial charge in [0.05, 0.1) is 3.55 Å². The normalized spacial score (nSPS) is 15.5. The van der Waals surface area contributed by atoms with Gasteiger partial charge in [0.2, 0.25) is 0 Å². The number of rotatable bonds is 4. The van der Waals surface area contributed by atoms with E-state index in [2.05, 4.69) is 50.3 Å². The molecule has 0 aromatic carbocycles. The first kappa shape index (κ1) is 12.4. The highest BCUT2D eigenvalue weighted by Gasteiger charge is 2.17. The summed E-state index contributed by atoms with van der Waals surface area (Å²) in [5.41, 5.74) is 8.94. The number of alkyl halides is 1. The zero-order chi connectivity index (χ0) is 9.78. The molecule has 0 bridgehead atoms. The number of hydrogen-bond donors (Lipinski definition) is 1. The van der Waals surface area contributed by atoms with E-state index in [-0.39, 0.29) is 3.55 Å². The molecular weight excluding hydrogens is 261 g/mol. The monoisotopic (exact) mass is 281 g/mol. The first-order valence-corrected chi connectivity index (χ1v) is 5.57. The van der Waals surface area contributed by atoms with Crippen molar-refractivity contribution in [2.24, 2.45) is 5.73 Å². The highest BCUT2D eigenvalue weighted by molar-refractivity contribution is 14.1. The fraction of sp³-hybridized carbons (Fsp3) is 0.800. The van der Waals surface area contributed by atoms with Crippen LogP contribution in [0.25, 0.3) is 0 Å². The van der Waals surface area contributed by atoms with Crippen molar-refractivity contribution in [2.75, 3.05) is 0 Å². The molecule has 1 atom stereocenters. The molecule has 0 aliphatic heterocycles. The highest BCUT2D eigenvalue weighted by atomic mass is 127. The smallest absolute Gasteiger partial charge is 0.0680 e. The molecule has 0 saturated heterocycles. The molecule has 0 spiro atoms. The van der Waals surface area contributed by atoms with Crippen molar-refractivity contribution in [3.05, 3.63) is 11.1 Å². The molecule has 0 aliphatic carbocycles. The minimum atomic E-state index is -0.00549. The van der Waals surface area contributed by atoms with E-state index >= 15 is 0 Å². The van der Waals surface area contributed by atoms with Gasteiger partial charge >= 0.3 is 0 Å². The molecule has 0 aromatic rings. The summed E-state index contributed by atoms with van der Waals surface area (Å²) in [5.74, 6) is 0. The van der Waals surface area contributed by atoms with Crippen molar-refractivity contribution in [1.82, 2.24) is 0 Å². The SMILES string of the molecule is CCC(N)(I)CCC(C)=C(C)C. The van der Waals surface area contributed by atoms with E-state index < -0.39 is 0 Å². The predicted molar refractivity (Wildman–Crippen MR) is 64.5 cm³/mol. The van der Waals surface area contributed by atoms with Crippen molar-refractivity contribution < 1.29 is 0 Å². The Morgan fingerprint density at radius 3 is 2.17 bits per heavy atom. The summed E-state index contributed by atoms with van der Waals surface area (Å²) in [4.78, 5) is 0. The molecule has 0 amide bonds. The molecule has 0 radical (unpaired) electrons. The van der Waals surface area contributed by atoms with Crippen LogP contribution in [0.4, 0.5) is 0 Å². The molecule has 0 saturated carbocycles. The maximum atomic E-state index is 6.03. The molecule has 0 aliphatic rings. The molecule has 2 N–H and O–H groups in total. The van der Waals surface area contributed by atoms with Gasteiger partial charge in [0.25, 0.3) is 0 Å². The van der Waals surface area contributed by atoms with Crippen LogP contribution in [0.3, 0.4) is 0 Å². The Morgan fingerprint density at radius 2 is 1.83 bits per heavy atom. The minimum absolute atomic E-state index is 0.00549. The van der Waals surface area contributed by atoms with Crippen molar-refractivity contribution >= 4 is 22.6 Å². The van der Waals surface area contributed by atoms with Gasteiger partial charge in [-0.3, -0.25) is 0 Å². The summed E-state index contributed by atoms with van der Waals surface area (Å²) >= 11 is 2.35. The fourth-order valence-electron chi connectivity index (χ4n) is 0.822. The van der Waals surface area contributed by atoms with Gasteiger partial charge in [0.1, 0.15) is 0 Å². The topological polar surface area (TPSA) is 26.0 Å². The Labute approximate surface area is 89.9 Å². The van der Waals surface area contributed by atoms with Crippen LogP contribution >= 0.6 is 22.6 Å². The standard InChI is InChI=1S/C10H20IN/c1-5-10(11,12)7-6-9(4)8(2)3/h5-7,12H2,1-4H3. The lowest BCUT2D eigenvalue weighted by molar-refractivity contribution is 0.568. The lowest BCUT2D eigenvalue weighted by Gasteiger charge is -2.20. The first-order chi connectivity index (χ1) is 5.39. The van der Waals surface area contributed by atoms with Gasteiger partial charge < -0.3 is 5.73 Å². The molecule has 0 rings (SSSR count). The first-order valence-electron chi connectivity index (χ1n) is 4.50. The van der Waals surface area contributed by atoms with Gasteiger partial charge in [-0.2, -0.15) is 0 Å². The number of hydrogen-bond acceptors (Lipinski definition) is 1. The minimum Gasteiger partial charge on any atom is -0.317 e. The quantitative estimate of drug-likeness (QED) is 0.362. The Bertz CT molecular complexity index is 167. The van der Waals surface area contributed by atoms with Gasteiger partial charge in [-0.25, -0.2) is 0 Å². The van der Waals surface area contributed by atoms with Crippen molar-refractivity contribution in [3.63, 3.8) is 0 Å². The van der Waals surface area contributed by atoms with Crippen LogP contribution in [0.5, 0.6) is 0 Å². The lowest BCUT2D eigenvalue weighted by atomic mass is 10.0. The second-order valence-corrected chi connectivity index (χ2v) is 5.82. The molecule has 0 aromatic heterocycles. The van der Waals surface area contributed by atoms with E-state index in [1.54, 1.807) is 0 Å². The Kier molecular flexibility index (Phi) is 5.41. The molecule has 2 heteroatoms. The molecular formula is C10H20IN. The van der Waals surface area contributed by atoms with Crippen molar-refractivity contribution in [2.45, 2.75) is 50.5 Å². The summed E-state index contributed by atoms with van der Waals surface area (Å²) in [6.07, 6.45) is 3.26. The number of nitrogens with two attached hydrogens (primary N) is 1. The third-order valence-corrected chi connectivity index (χ3v) is 3.66. The molecule has 72 valence electrons. The van der Waals surface area contributed by atoms with E-state index in [9.17, 15) is 0 Å². The lowest BCUT2D eigenvalue weighted by Crippen LogP contribution is -2.31. The summed E-state index contributed by atoms with van der Waals surface area (Å²) in [6, 6.07) is 0. The van der Waals surface area contributed by atoms with Crippen molar-refractivity contribution in [3.8, 4) is 0 Å². The average Bonchev–Trinajstić information content (AvgIpc) is 2.00. The van der Waals surface area contributed by atoms with Crippen LogP contribution in [0, 0.1) is 0 Å². The van der Waals surface area contributed by atoms with Gasteiger partial charge in [-0.1, -0.05) is 40.7 Å². The molecule has 1 unspecified atom stereocenters. The van der Waals surface area contributed by atoms with Crippen LogP contribution in [-0.4, -0.2) is 3.55 Å². The zero-order valence-corrected chi connectivity index (χ0v) is 10.7. The van der Waals surface area contributed by atoms with Gasteiger partial charge in [0, 0.05) is 0 Å². The molecule has 12 heavy (non-hydrogen) atoms. The van der Waals surface area contributed by atoms with E-state index in [0.29, 0.717) is 0 Å². The van der Waals surface area contributed by atoms with E-state index in [1.807, 2.05) is 0 Å². The summed E-state index contributed by atoms with van der Waals surface area (Å²) < 4.78 is -0.00549. The second-order valence-electron chi connectivity index (χ2n) is 3.67. The van der Waals surface area contributed by atoms with E-state index in [4.69, 9.17) is 5.73 Å². The van der Waals surface area contributed by atoms with Gasteiger partial charge in [0.15, 0.2) is 0 Å². The third-order valence-electron chi connectivity index (χ3n) is 2.36. The predicted octanol–water partition coefficient (Wildman–Crippen LogP) is 3.62. The Hall–Kier alpha value is 0.430. The van der Waals surface area contributed by atoms with Gasteiger partial charge in [-0.15, -0.1) is 0 Å². The zero-order valence-electron chi connectivity index (χ0n) is 8.58. The summed E-state index contributed by atoms with van der Waals surface area (Å²) in [5, 5.41) is 0. The molecule has 0 heterocycles. The molecule has 1 nitrogen and oxygen atoms in total. The van der Waals surface area contributed by atoms with Crippen LogP contribution in [0.2, 0.25) is 0 Å². The maximum absolute atomic E-state index is 6.03.